The van der Waals surface area contributed by atoms with Crippen LogP contribution in [0.15, 0.2) is 40.7 Å². The summed E-state index contributed by atoms with van der Waals surface area (Å²) in [6.45, 7) is 3.62. The molecule has 3 aliphatic rings. The maximum Gasteiger partial charge on any atom is 0.337 e. The number of allylic oxidation sites excluding steroid dienone is 3. The molecular weight excluding hydrogens is 438 g/mol. The molecule has 0 spiro atoms. The lowest BCUT2D eigenvalue weighted by Gasteiger charge is -2.38. The van der Waals surface area contributed by atoms with E-state index in [1.165, 1.54) is 20.3 Å². The Morgan fingerprint density at radius 2 is 1.85 bits per heavy atom. The lowest BCUT2D eigenvalue weighted by Crippen LogP contribution is -2.43. The number of phenols is 1. The summed E-state index contributed by atoms with van der Waals surface area (Å²) in [7, 11) is 2.71. The number of benzene rings is 1. The van der Waals surface area contributed by atoms with Gasteiger partial charge in [0, 0.05) is 22.9 Å². The number of carbonyl (C=O) groups is 3. The zero-order valence-corrected chi connectivity index (χ0v) is 20.0. The van der Waals surface area contributed by atoms with Crippen molar-refractivity contribution in [1.29, 1.82) is 0 Å². The zero-order chi connectivity index (χ0) is 24.6. The average molecular weight is 470 g/mol. The summed E-state index contributed by atoms with van der Waals surface area (Å²) in [6, 6.07) is 4.80. The number of phenolic OH excluding ortho intramolecular Hbond substituents is 1. The van der Waals surface area contributed by atoms with E-state index in [0.717, 1.165) is 25.7 Å². The molecule has 1 fully saturated rings. The first-order chi connectivity index (χ1) is 16.3. The van der Waals surface area contributed by atoms with Crippen LogP contribution in [0, 0.1) is 11.8 Å². The van der Waals surface area contributed by atoms with Crippen LogP contribution in [-0.2, 0) is 23.9 Å². The molecule has 0 saturated heterocycles. The van der Waals surface area contributed by atoms with E-state index in [0.29, 0.717) is 34.5 Å². The first-order valence-corrected chi connectivity index (χ1v) is 11.7. The second-order valence-corrected chi connectivity index (χ2v) is 9.28. The largest absolute Gasteiger partial charge is 0.504 e. The summed E-state index contributed by atoms with van der Waals surface area (Å²) >= 11 is 0. The summed E-state index contributed by atoms with van der Waals surface area (Å²) in [4.78, 5) is 39.7. The second-order valence-electron chi connectivity index (χ2n) is 9.28. The van der Waals surface area contributed by atoms with Gasteiger partial charge in [-0.3, -0.25) is 9.59 Å². The van der Waals surface area contributed by atoms with Crippen molar-refractivity contribution in [2.75, 3.05) is 14.2 Å². The SMILES string of the molecule is COC(=O)[C@H]1C(=O)C2=C(C[C@H]1C)NC(C)=C(C(=O)OC1CCCC1)[C@@H]2c1ccc(OC)c(O)c1. The van der Waals surface area contributed by atoms with E-state index < -0.39 is 23.8 Å². The van der Waals surface area contributed by atoms with E-state index in [1.807, 2.05) is 6.92 Å². The number of esters is 2. The maximum atomic E-state index is 13.7. The van der Waals surface area contributed by atoms with Gasteiger partial charge in [0.2, 0.25) is 0 Å². The predicted octanol–water partition coefficient (Wildman–Crippen LogP) is 3.50. The molecule has 0 bridgehead atoms. The molecule has 0 radical (unpaired) electrons. The maximum absolute atomic E-state index is 13.7. The minimum absolute atomic E-state index is 0.108. The van der Waals surface area contributed by atoms with Crippen molar-refractivity contribution in [3.8, 4) is 11.5 Å². The van der Waals surface area contributed by atoms with E-state index >= 15 is 0 Å². The van der Waals surface area contributed by atoms with Crippen LogP contribution in [0.4, 0.5) is 0 Å². The van der Waals surface area contributed by atoms with Crippen molar-refractivity contribution >= 4 is 17.7 Å². The number of dihydropyridines is 1. The smallest absolute Gasteiger partial charge is 0.337 e. The Kier molecular flexibility index (Phi) is 6.68. The molecule has 182 valence electrons. The number of aromatic hydroxyl groups is 1. The van der Waals surface area contributed by atoms with Crippen LogP contribution >= 0.6 is 0 Å². The van der Waals surface area contributed by atoms with Crippen LogP contribution in [0.25, 0.3) is 0 Å². The van der Waals surface area contributed by atoms with E-state index in [9.17, 15) is 19.5 Å². The summed E-state index contributed by atoms with van der Waals surface area (Å²) in [6.07, 6.45) is 3.94. The number of methoxy groups -OCH3 is 2. The fourth-order valence-corrected chi connectivity index (χ4v) is 5.39. The van der Waals surface area contributed by atoms with E-state index in [1.54, 1.807) is 19.1 Å². The Balaban J connectivity index is 1.83. The van der Waals surface area contributed by atoms with Crippen LogP contribution in [0.1, 0.15) is 57.4 Å². The second kappa shape index (κ2) is 9.52. The quantitative estimate of drug-likeness (QED) is 0.498. The van der Waals surface area contributed by atoms with Gasteiger partial charge in [0.05, 0.1) is 19.8 Å². The number of hydrogen-bond donors (Lipinski definition) is 2. The van der Waals surface area contributed by atoms with Gasteiger partial charge in [0.1, 0.15) is 12.0 Å². The third kappa shape index (κ3) is 4.17. The molecular formula is C26H31NO7. The topological polar surface area (TPSA) is 111 Å². The van der Waals surface area contributed by atoms with Gasteiger partial charge >= 0.3 is 11.9 Å². The van der Waals surface area contributed by atoms with Crippen molar-refractivity contribution in [2.45, 2.75) is 58.0 Å². The van der Waals surface area contributed by atoms with Crippen molar-refractivity contribution in [1.82, 2.24) is 5.32 Å². The monoisotopic (exact) mass is 469 g/mol. The summed E-state index contributed by atoms with van der Waals surface area (Å²) in [5, 5.41) is 13.7. The van der Waals surface area contributed by atoms with Crippen molar-refractivity contribution in [3.05, 3.63) is 46.3 Å². The minimum atomic E-state index is -0.967. The number of ketones is 1. The highest BCUT2D eigenvalue weighted by Crippen LogP contribution is 2.47. The molecule has 1 heterocycles. The van der Waals surface area contributed by atoms with Crippen LogP contribution < -0.4 is 10.1 Å². The van der Waals surface area contributed by atoms with Gasteiger partial charge in [0.15, 0.2) is 17.3 Å². The standard InChI is InChI=1S/C26H31NO7/c1-13-11-17-23(24(29)20(13)25(30)33-4)22(15-9-10-19(32-3)18(28)12-15)21(14(2)27-17)26(31)34-16-7-5-6-8-16/h9-10,12-13,16,20,22,27-28H,5-8,11H2,1-4H3/t13-,20-,22+/m1/s1. The third-order valence-corrected chi connectivity index (χ3v) is 7.08. The lowest BCUT2D eigenvalue weighted by molar-refractivity contribution is -0.151. The van der Waals surface area contributed by atoms with E-state index in [-0.39, 0.29) is 29.3 Å². The van der Waals surface area contributed by atoms with Crippen LogP contribution in [0.3, 0.4) is 0 Å². The minimum Gasteiger partial charge on any atom is -0.504 e. The number of ether oxygens (including phenoxy) is 3. The number of Topliss-reactive ketones (excluding diaryl/α,β-unsaturated/α-hetero) is 1. The molecule has 2 N–H and O–H groups in total. The molecule has 1 saturated carbocycles. The molecule has 34 heavy (non-hydrogen) atoms. The lowest BCUT2D eigenvalue weighted by atomic mass is 9.69. The Labute approximate surface area is 199 Å². The van der Waals surface area contributed by atoms with Crippen molar-refractivity contribution in [3.63, 3.8) is 0 Å². The number of nitrogens with one attached hydrogen (secondary N) is 1. The average Bonchev–Trinajstić information content (AvgIpc) is 3.30. The van der Waals surface area contributed by atoms with Gasteiger partial charge in [-0.1, -0.05) is 13.0 Å². The summed E-state index contributed by atoms with van der Waals surface area (Å²) in [5.41, 5.74) is 2.45. The van der Waals surface area contributed by atoms with Crippen LogP contribution in [-0.4, -0.2) is 43.2 Å². The first-order valence-electron chi connectivity index (χ1n) is 11.7. The predicted molar refractivity (Wildman–Crippen MR) is 123 cm³/mol. The molecule has 1 aliphatic heterocycles. The molecule has 2 aliphatic carbocycles. The summed E-state index contributed by atoms with van der Waals surface area (Å²) in [5.74, 6) is -3.34. The van der Waals surface area contributed by atoms with Crippen molar-refractivity contribution in [2.24, 2.45) is 11.8 Å². The molecule has 8 nitrogen and oxygen atoms in total. The van der Waals surface area contributed by atoms with Crippen molar-refractivity contribution < 1.29 is 33.7 Å². The number of rotatable bonds is 5. The Hall–Kier alpha value is -3.29. The molecule has 0 amide bonds. The fraction of sp³-hybridized carbons (Fsp3) is 0.500. The highest BCUT2D eigenvalue weighted by molar-refractivity contribution is 6.12. The van der Waals surface area contributed by atoms with Gasteiger partial charge in [-0.2, -0.15) is 0 Å². The summed E-state index contributed by atoms with van der Waals surface area (Å²) < 4.78 is 15.9. The van der Waals surface area contributed by atoms with Gasteiger partial charge in [-0.15, -0.1) is 0 Å². The molecule has 0 aromatic heterocycles. The molecule has 8 heteroatoms. The molecule has 1 aromatic carbocycles. The highest BCUT2D eigenvalue weighted by Gasteiger charge is 2.47. The highest BCUT2D eigenvalue weighted by atomic mass is 16.5. The van der Waals surface area contributed by atoms with Gasteiger partial charge in [-0.05, 0) is 62.6 Å². The molecule has 3 atom stereocenters. The van der Waals surface area contributed by atoms with E-state index in [2.05, 4.69) is 5.32 Å². The van der Waals surface area contributed by atoms with Crippen LogP contribution in [0.2, 0.25) is 0 Å². The van der Waals surface area contributed by atoms with Crippen LogP contribution in [0.5, 0.6) is 11.5 Å². The number of carbonyl (C=O) groups excluding carboxylic acids is 3. The fourth-order valence-electron chi connectivity index (χ4n) is 5.39. The molecule has 0 unspecified atom stereocenters. The normalized spacial score (nSPS) is 25.1. The first kappa shape index (κ1) is 23.9. The van der Waals surface area contributed by atoms with Gasteiger partial charge in [0.25, 0.3) is 0 Å². The third-order valence-electron chi connectivity index (χ3n) is 7.08. The van der Waals surface area contributed by atoms with E-state index in [4.69, 9.17) is 14.2 Å². The van der Waals surface area contributed by atoms with Gasteiger partial charge in [-0.25, -0.2) is 4.79 Å². The number of hydrogen-bond acceptors (Lipinski definition) is 8. The Morgan fingerprint density at radius 1 is 1.15 bits per heavy atom. The Morgan fingerprint density at radius 3 is 2.47 bits per heavy atom. The molecule has 4 rings (SSSR count). The zero-order valence-electron chi connectivity index (χ0n) is 20.0. The Bertz CT molecular complexity index is 1080. The molecule has 1 aromatic rings. The van der Waals surface area contributed by atoms with Gasteiger partial charge < -0.3 is 24.6 Å².